The number of nitrogens with one attached hydrogen (secondary N) is 1. The van der Waals surface area contributed by atoms with Gasteiger partial charge in [-0.05, 0) is 17.5 Å². The first-order valence-electron chi connectivity index (χ1n) is 5.00. The molecule has 84 valence electrons. The molecular weight excluding hydrogens is 193 g/mol. The van der Waals surface area contributed by atoms with Crippen LogP contribution in [0.4, 0.5) is 10.1 Å². The molecule has 2 nitrogen and oxygen atoms in total. The Morgan fingerprint density at radius 2 is 2.00 bits per heavy atom. The van der Waals surface area contributed by atoms with Crippen LogP contribution < -0.4 is 10.1 Å². The van der Waals surface area contributed by atoms with Gasteiger partial charge in [0.05, 0.1) is 7.11 Å². The summed E-state index contributed by atoms with van der Waals surface area (Å²) in [7, 11) is 1.46. The predicted molar refractivity (Wildman–Crippen MR) is 60.9 cm³/mol. The van der Waals surface area contributed by atoms with Crippen molar-refractivity contribution in [3.8, 4) is 5.75 Å². The molecule has 0 spiro atoms. The minimum absolute atomic E-state index is 0.177. The number of rotatable bonds is 3. The Hall–Kier alpha value is -1.25. The lowest BCUT2D eigenvalue weighted by Gasteiger charge is -2.19. The Morgan fingerprint density at radius 1 is 1.33 bits per heavy atom. The van der Waals surface area contributed by atoms with Crippen molar-refractivity contribution < 1.29 is 9.13 Å². The highest BCUT2D eigenvalue weighted by molar-refractivity contribution is 5.47. The minimum Gasteiger partial charge on any atom is -0.494 e. The average molecular weight is 211 g/mol. The quantitative estimate of drug-likeness (QED) is 0.828. The van der Waals surface area contributed by atoms with Gasteiger partial charge < -0.3 is 10.1 Å². The fraction of sp³-hybridized carbons (Fsp3) is 0.500. The van der Waals surface area contributed by atoms with E-state index in [0.717, 1.165) is 12.2 Å². The molecule has 0 saturated carbocycles. The number of ether oxygens (including phenoxy) is 1. The Bertz CT molecular complexity index is 331. The molecule has 0 saturated heterocycles. The minimum atomic E-state index is -0.337. The zero-order chi connectivity index (χ0) is 11.5. The molecule has 0 unspecified atom stereocenters. The van der Waals surface area contributed by atoms with Crippen molar-refractivity contribution >= 4 is 5.69 Å². The molecule has 0 fully saturated rings. The third-order valence-electron chi connectivity index (χ3n) is 1.97. The molecule has 0 radical (unpaired) electrons. The van der Waals surface area contributed by atoms with Crippen molar-refractivity contribution in [1.29, 1.82) is 0 Å². The zero-order valence-corrected chi connectivity index (χ0v) is 9.73. The van der Waals surface area contributed by atoms with Crippen LogP contribution in [0.25, 0.3) is 0 Å². The standard InChI is InChI=1S/C12H18FNO/c1-12(2,3)8-14-9-5-6-11(15-4)10(13)7-9/h5-7,14H,8H2,1-4H3. The smallest absolute Gasteiger partial charge is 0.167 e. The molecule has 0 aliphatic heterocycles. The van der Waals surface area contributed by atoms with Crippen LogP contribution in [0.3, 0.4) is 0 Å². The first kappa shape index (κ1) is 11.8. The van der Waals surface area contributed by atoms with Crippen molar-refractivity contribution in [2.45, 2.75) is 20.8 Å². The fourth-order valence-electron chi connectivity index (χ4n) is 1.14. The first-order valence-corrected chi connectivity index (χ1v) is 5.00. The van der Waals surface area contributed by atoms with Gasteiger partial charge in [-0.2, -0.15) is 0 Å². The lowest BCUT2D eigenvalue weighted by atomic mass is 9.97. The molecule has 0 amide bonds. The van der Waals surface area contributed by atoms with E-state index in [0.29, 0.717) is 0 Å². The van der Waals surface area contributed by atoms with Crippen molar-refractivity contribution in [3.05, 3.63) is 24.0 Å². The van der Waals surface area contributed by atoms with Crippen LogP contribution in [-0.4, -0.2) is 13.7 Å². The second kappa shape index (κ2) is 4.51. The highest BCUT2D eigenvalue weighted by atomic mass is 19.1. The van der Waals surface area contributed by atoms with Gasteiger partial charge in [-0.3, -0.25) is 0 Å². The SMILES string of the molecule is COc1ccc(NCC(C)(C)C)cc1F. The van der Waals surface area contributed by atoms with E-state index in [-0.39, 0.29) is 17.0 Å². The fourth-order valence-corrected chi connectivity index (χ4v) is 1.14. The van der Waals surface area contributed by atoms with E-state index in [9.17, 15) is 4.39 Å². The van der Waals surface area contributed by atoms with Crippen LogP contribution in [-0.2, 0) is 0 Å². The van der Waals surface area contributed by atoms with E-state index in [4.69, 9.17) is 4.74 Å². The van der Waals surface area contributed by atoms with Crippen LogP contribution in [0, 0.1) is 11.2 Å². The van der Waals surface area contributed by atoms with Crippen LogP contribution in [0.1, 0.15) is 20.8 Å². The number of halogens is 1. The number of benzene rings is 1. The highest BCUT2D eigenvalue weighted by Gasteiger charge is 2.10. The summed E-state index contributed by atoms with van der Waals surface area (Å²) in [6, 6.07) is 4.89. The summed E-state index contributed by atoms with van der Waals surface area (Å²) in [4.78, 5) is 0. The maximum atomic E-state index is 13.3. The molecule has 0 aliphatic rings. The molecule has 1 rings (SSSR count). The van der Waals surface area contributed by atoms with Gasteiger partial charge in [0, 0.05) is 18.3 Å². The third-order valence-corrected chi connectivity index (χ3v) is 1.97. The second-order valence-corrected chi connectivity index (χ2v) is 4.76. The maximum absolute atomic E-state index is 13.3. The van der Waals surface area contributed by atoms with Gasteiger partial charge in [0.1, 0.15) is 0 Å². The Morgan fingerprint density at radius 3 is 2.47 bits per heavy atom. The Balaban J connectivity index is 2.68. The monoisotopic (exact) mass is 211 g/mol. The maximum Gasteiger partial charge on any atom is 0.167 e. The molecule has 3 heteroatoms. The van der Waals surface area contributed by atoms with Gasteiger partial charge >= 0.3 is 0 Å². The molecule has 0 atom stereocenters. The second-order valence-electron chi connectivity index (χ2n) is 4.76. The summed E-state index contributed by atoms with van der Waals surface area (Å²) < 4.78 is 18.1. The molecule has 0 aromatic heterocycles. The topological polar surface area (TPSA) is 21.3 Å². The largest absolute Gasteiger partial charge is 0.494 e. The lowest BCUT2D eigenvalue weighted by molar-refractivity contribution is 0.386. The molecule has 0 aliphatic carbocycles. The van der Waals surface area contributed by atoms with Gasteiger partial charge in [-0.1, -0.05) is 20.8 Å². The van der Waals surface area contributed by atoms with Gasteiger partial charge in [0.15, 0.2) is 11.6 Å². The summed E-state index contributed by atoms with van der Waals surface area (Å²) >= 11 is 0. The zero-order valence-electron chi connectivity index (χ0n) is 9.73. The van der Waals surface area contributed by atoms with Gasteiger partial charge in [-0.25, -0.2) is 4.39 Å². The van der Waals surface area contributed by atoms with E-state index in [2.05, 4.69) is 26.1 Å². The van der Waals surface area contributed by atoms with E-state index in [1.54, 1.807) is 6.07 Å². The summed E-state index contributed by atoms with van der Waals surface area (Å²) in [5.74, 6) is -0.0623. The van der Waals surface area contributed by atoms with Gasteiger partial charge in [-0.15, -0.1) is 0 Å². The number of methoxy groups -OCH3 is 1. The van der Waals surface area contributed by atoms with Gasteiger partial charge in [0.25, 0.3) is 0 Å². The highest BCUT2D eigenvalue weighted by Crippen LogP contribution is 2.22. The van der Waals surface area contributed by atoms with Gasteiger partial charge in [0.2, 0.25) is 0 Å². The van der Waals surface area contributed by atoms with E-state index in [1.807, 2.05) is 6.07 Å². The van der Waals surface area contributed by atoms with Crippen molar-refractivity contribution in [2.24, 2.45) is 5.41 Å². The number of hydrogen-bond donors (Lipinski definition) is 1. The Labute approximate surface area is 90.4 Å². The lowest BCUT2D eigenvalue weighted by Crippen LogP contribution is -2.19. The molecule has 1 aromatic carbocycles. The van der Waals surface area contributed by atoms with Crippen molar-refractivity contribution in [1.82, 2.24) is 0 Å². The Kier molecular flexibility index (Phi) is 3.56. The predicted octanol–water partition coefficient (Wildman–Crippen LogP) is 3.29. The molecule has 1 N–H and O–H groups in total. The molecule has 15 heavy (non-hydrogen) atoms. The van der Waals surface area contributed by atoms with E-state index in [1.165, 1.54) is 13.2 Å². The van der Waals surface area contributed by atoms with Crippen LogP contribution in [0.15, 0.2) is 18.2 Å². The summed E-state index contributed by atoms with van der Waals surface area (Å²) in [5, 5.41) is 3.18. The van der Waals surface area contributed by atoms with Crippen molar-refractivity contribution in [3.63, 3.8) is 0 Å². The van der Waals surface area contributed by atoms with E-state index >= 15 is 0 Å². The van der Waals surface area contributed by atoms with Crippen LogP contribution >= 0.6 is 0 Å². The number of hydrogen-bond acceptors (Lipinski definition) is 2. The third kappa shape index (κ3) is 3.78. The van der Waals surface area contributed by atoms with Crippen molar-refractivity contribution in [2.75, 3.05) is 19.0 Å². The molecule has 0 heterocycles. The van der Waals surface area contributed by atoms with Crippen LogP contribution in [0.2, 0.25) is 0 Å². The summed E-state index contributed by atoms with van der Waals surface area (Å²) in [6.07, 6.45) is 0. The number of anilines is 1. The molecule has 1 aromatic rings. The van der Waals surface area contributed by atoms with E-state index < -0.39 is 0 Å². The average Bonchev–Trinajstić information content (AvgIpc) is 2.14. The normalized spacial score (nSPS) is 11.3. The summed E-state index contributed by atoms with van der Waals surface area (Å²) in [5.41, 5.74) is 0.958. The molecular formula is C12H18FNO. The summed E-state index contributed by atoms with van der Waals surface area (Å²) in [6.45, 7) is 7.18. The van der Waals surface area contributed by atoms with Crippen LogP contribution in [0.5, 0.6) is 5.75 Å². The molecule has 0 bridgehead atoms. The first-order chi connectivity index (χ1) is 6.92.